The van der Waals surface area contributed by atoms with Crippen molar-refractivity contribution in [1.82, 2.24) is 10.0 Å². The Hall–Kier alpha value is -2.42. The van der Waals surface area contributed by atoms with Crippen molar-refractivity contribution in [3.63, 3.8) is 0 Å². The second-order valence-electron chi connectivity index (χ2n) is 7.50. The standard InChI is InChI=1S/C22H18BrClN2O4S/c1-31(29,30)26-20(27)11-25-22(28)21-18-5-3-16(23)8-15(18)10-19(21)14-6-12-2-4-17(24)9-13(12)7-14/h2-5,7-9H,6,10-11H2,1H3,(H,25,28)(H,26,27). The normalized spacial score (nSPS) is 14.7. The molecule has 2 aliphatic carbocycles. The van der Waals surface area contributed by atoms with E-state index in [4.69, 9.17) is 11.6 Å². The summed E-state index contributed by atoms with van der Waals surface area (Å²) in [4.78, 5) is 24.9. The van der Waals surface area contributed by atoms with Crippen LogP contribution in [0.15, 0.2) is 52.0 Å². The molecule has 0 aromatic heterocycles. The van der Waals surface area contributed by atoms with Crippen molar-refractivity contribution in [2.75, 3.05) is 12.8 Å². The summed E-state index contributed by atoms with van der Waals surface area (Å²) in [6.45, 7) is -0.441. The fraction of sp³-hybridized carbons (Fsp3) is 0.182. The Bertz CT molecular complexity index is 1300. The molecule has 0 spiro atoms. The number of fused-ring (bicyclic) bond motifs is 2. The summed E-state index contributed by atoms with van der Waals surface area (Å²) in [5.41, 5.74) is 6.38. The quantitative estimate of drug-likeness (QED) is 0.632. The number of halogens is 2. The van der Waals surface area contributed by atoms with E-state index in [-0.39, 0.29) is 0 Å². The molecule has 6 nitrogen and oxygen atoms in total. The van der Waals surface area contributed by atoms with E-state index < -0.39 is 28.4 Å². The van der Waals surface area contributed by atoms with E-state index >= 15 is 0 Å². The Morgan fingerprint density at radius 2 is 1.87 bits per heavy atom. The first-order valence-electron chi connectivity index (χ1n) is 9.41. The predicted molar refractivity (Wildman–Crippen MR) is 124 cm³/mol. The van der Waals surface area contributed by atoms with Gasteiger partial charge in [0, 0.05) is 9.50 Å². The number of carbonyl (C=O) groups is 2. The summed E-state index contributed by atoms with van der Waals surface area (Å²) in [5.74, 6) is -1.22. The third kappa shape index (κ3) is 4.76. The Kier molecular flexibility index (Phi) is 5.81. The minimum Gasteiger partial charge on any atom is -0.343 e. The minimum atomic E-state index is -3.69. The SMILES string of the molecule is CS(=O)(=O)NC(=O)CNC(=O)C1=C(C2=Cc3cc(Cl)ccc3C2)Cc2cc(Br)ccc21. The first-order valence-corrected chi connectivity index (χ1v) is 12.5. The van der Waals surface area contributed by atoms with E-state index in [2.05, 4.69) is 21.2 Å². The molecule has 0 radical (unpaired) electrons. The fourth-order valence-electron chi connectivity index (χ4n) is 3.92. The zero-order chi connectivity index (χ0) is 22.3. The van der Waals surface area contributed by atoms with Crippen LogP contribution in [0.3, 0.4) is 0 Å². The van der Waals surface area contributed by atoms with E-state index in [1.807, 2.05) is 47.2 Å². The number of allylic oxidation sites excluding steroid dienone is 2. The van der Waals surface area contributed by atoms with Crippen LogP contribution >= 0.6 is 27.5 Å². The van der Waals surface area contributed by atoms with Crippen molar-refractivity contribution in [2.24, 2.45) is 0 Å². The minimum absolute atomic E-state index is 0.422. The largest absolute Gasteiger partial charge is 0.343 e. The monoisotopic (exact) mass is 520 g/mol. The Balaban J connectivity index is 1.66. The summed E-state index contributed by atoms with van der Waals surface area (Å²) in [6.07, 6.45) is 4.19. The lowest BCUT2D eigenvalue weighted by Crippen LogP contribution is -2.39. The molecule has 0 bridgehead atoms. The number of sulfonamides is 1. The van der Waals surface area contributed by atoms with Crippen LogP contribution in [0.5, 0.6) is 0 Å². The van der Waals surface area contributed by atoms with Gasteiger partial charge >= 0.3 is 0 Å². The van der Waals surface area contributed by atoms with Crippen molar-refractivity contribution >= 4 is 61.0 Å². The highest BCUT2D eigenvalue weighted by Crippen LogP contribution is 2.42. The summed E-state index contributed by atoms with van der Waals surface area (Å²) in [5, 5.41) is 3.20. The molecule has 2 aromatic carbocycles. The molecule has 2 aliphatic rings. The predicted octanol–water partition coefficient (Wildman–Crippen LogP) is 3.24. The maximum absolute atomic E-state index is 13.1. The molecular formula is C22H18BrClN2O4S. The second-order valence-corrected chi connectivity index (χ2v) is 10.6. The lowest BCUT2D eigenvalue weighted by molar-refractivity contribution is -0.122. The van der Waals surface area contributed by atoms with Crippen LogP contribution in [0.1, 0.15) is 22.3 Å². The molecule has 0 unspecified atom stereocenters. The van der Waals surface area contributed by atoms with Crippen LogP contribution in [-0.4, -0.2) is 33.0 Å². The highest BCUT2D eigenvalue weighted by molar-refractivity contribution is 9.10. The zero-order valence-corrected chi connectivity index (χ0v) is 19.6. The van der Waals surface area contributed by atoms with Crippen molar-refractivity contribution in [2.45, 2.75) is 12.8 Å². The van der Waals surface area contributed by atoms with Gasteiger partial charge in [-0.05, 0) is 70.5 Å². The summed E-state index contributed by atoms with van der Waals surface area (Å²) in [7, 11) is -3.69. The van der Waals surface area contributed by atoms with Crippen molar-refractivity contribution < 1.29 is 18.0 Å². The van der Waals surface area contributed by atoms with Gasteiger partial charge in [-0.25, -0.2) is 8.42 Å². The third-order valence-electron chi connectivity index (χ3n) is 5.15. The van der Waals surface area contributed by atoms with Gasteiger partial charge in [0.05, 0.1) is 18.4 Å². The molecule has 2 aromatic rings. The molecular weight excluding hydrogens is 504 g/mol. The van der Waals surface area contributed by atoms with E-state index in [1.165, 1.54) is 0 Å². The maximum atomic E-state index is 13.1. The van der Waals surface area contributed by atoms with Crippen LogP contribution in [0.2, 0.25) is 5.02 Å². The molecule has 160 valence electrons. The third-order valence-corrected chi connectivity index (χ3v) is 6.47. The van der Waals surface area contributed by atoms with E-state index in [1.54, 1.807) is 0 Å². The molecule has 0 heterocycles. The van der Waals surface area contributed by atoms with Gasteiger partial charge < -0.3 is 5.32 Å². The van der Waals surface area contributed by atoms with Crippen LogP contribution in [0.4, 0.5) is 0 Å². The number of hydrogen-bond donors (Lipinski definition) is 2. The number of hydrogen-bond acceptors (Lipinski definition) is 4. The van der Waals surface area contributed by atoms with Crippen LogP contribution < -0.4 is 10.0 Å². The molecule has 0 saturated heterocycles. The second kappa shape index (κ2) is 8.26. The van der Waals surface area contributed by atoms with Gasteiger partial charge in [0.25, 0.3) is 11.8 Å². The van der Waals surface area contributed by atoms with Gasteiger partial charge in [0.1, 0.15) is 0 Å². The topological polar surface area (TPSA) is 92.3 Å². The highest BCUT2D eigenvalue weighted by Gasteiger charge is 2.30. The summed E-state index contributed by atoms with van der Waals surface area (Å²) in [6, 6.07) is 11.4. The average Bonchev–Trinajstić information content (AvgIpc) is 3.25. The van der Waals surface area contributed by atoms with E-state index in [0.717, 1.165) is 44.1 Å². The molecule has 2 N–H and O–H groups in total. The van der Waals surface area contributed by atoms with Crippen molar-refractivity contribution in [1.29, 1.82) is 0 Å². The molecule has 0 aliphatic heterocycles. The first-order chi connectivity index (χ1) is 14.6. The molecule has 0 atom stereocenters. The Morgan fingerprint density at radius 1 is 1.10 bits per heavy atom. The fourth-order valence-corrected chi connectivity index (χ4v) is 4.99. The van der Waals surface area contributed by atoms with Crippen LogP contribution in [0, 0.1) is 0 Å². The van der Waals surface area contributed by atoms with Crippen LogP contribution in [0.25, 0.3) is 11.6 Å². The molecule has 0 saturated carbocycles. The molecule has 4 rings (SSSR count). The zero-order valence-electron chi connectivity index (χ0n) is 16.5. The average molecular weight is 522 g/mol. The van der Waals surface area contributed by atoms with Crippen LogP contribution in [-0.2, 0) is 32.5 Å². The van der Waals surface area contributed by atoms with Gasteiger partial charge in [-0.3, -0.25) is 14.3 Å². The summed E-state index contributed by atoms with van der Waals surface area (Å²) < 4.78 is 25.2. The maximum Gasteiger partial charge on any atom is 0.252 e. The van der Waals surface area contributed by atoms with Crippen molar-refractivity contribution in [3.8, 4) is 0 Å². The van der Waals surface area contributed by atoms with Gasteiger partial charge in [-0.15, -0.1) is 0 Å². The number of amides is 2. The van der Waals surface area contributed by atoms with E-state index in [9.17, 15) is 18.0 Å². The lowest BCUT2D eigenvalue weighted by atomic mass is 9.98. The molecule has 31 heavy (non-hydrogen) atoms. The van der Waals surface area contributed by atoms with E-state index in [0.29, 0.717) is 23.4 Å². The van der Waals surface area contributed by atoms with Gasteiger partial charge in [-0.2, -0.15) is 0 Å². The Morgan fingerprint density at radius 3 is 2.61 bits per heavy atom. The number of benzene rings is 2. The van der Waals surface area contributed by atoms with Gasteiger partial charge in [0.15, 0.2) is 0 Å². The van der Waals surface area contributed by atoms with Gasteiger partial charge in [-0.1, -0.05) is 45.7 Å². The lowest BCUT2D eigenvalue weighted by Gasteiger charge is -2.11. The molecule has 0 fully saturated rings. The summed E-state index contributed by atoms with van der Waals surface area (Å²) >= 11 is 9.60. The Labute approximate surface area is 193 Å². The number of carbonyl (C=O) groups excluding carboxylic acids is 2. The molecule has 2 amide bonds. The molecule has 9 heteroatoms. The first kappa shape index (κ1) is 21.8. The van der Waals surface area contributed by atoms with Gasteiger partial charge in [0.2, 0.25) is 10.0 Å². The number of nitrogens with one attached hydrogen (secondary N) is 2. The highest BCUT2D eigenvalue weighted by atomic mass is 79.9. The smallest absolute Gasteiger partial charge is 0.252 e. The van der Waals surface area contributed by atoms with Crippen molar-refractivity contribution in [3.05, 3.63) is 79.3 Å². The number of rotatable bonds is 5.